The molecule has 0 aromatic carbocycles. The number of carbonyl (C=O) groups is 1. The number of guanidine groups is 1. The number of aromatic nitrogens is 1. The van der Waals surface area contributed by atoms with E-state index in [1.54, 1.807) is 24.5 Å². The predicted molar refractivity (Wildman–Crippen MR) is 110 cm³/mol. The van der Waals surface area contributed by atoms with Gasteiger partial charge in [-0.05, 0) is 37.8 Å². The topological polar surface area (TPSA) is 78.4 Å². The zero-order chi connectivity index (χ0) is 16.9. The molecule has 0 atom stereocenters. The summed E-state index contributed by atoms with van der Waals surface area (Å²) in [5, 5.41) is 9.29. The van der Waals surface area contributed by atoms with Crippen LogP contribution in [0.15, 0.2) is 29.5 Å². The van der Waals surface area contributed by atoms with Crippen LogP contribution in [0.1, 0.15) is 44.0 Å². The van der Waals surface area contributed by atoms with Crippen LogP contribution in [0.3, 0.4) is 0 Å². The number of hydrogen-bond acceptors (Lipinski definition) is 3. The lowest BCUT2D eigenvalue weighted by atomic mass is 10.1. The Labute approximate surface area is 162 Å². The smallest absolute Gasteiger partial charge is 0.252 e. The Morgan fingerprint density at radius 2 is 2.00 bits per heavy atom. The minimum absolute atomic E-state index is 0. The summed E-state index contributed by atoms with van der Waals surface area (Å²) < 4.78 is 0. The highest BCUT2D eigenvalue weighted by atomic mass is 127. The van der Waals surface area contributed by atoms with E-state index in [1.807, 2.05) is 6.92 Å². The van der Waals surface area contributed by atoms with Crippen molar-refractivity contribution in [2.75, 3.05) is 26.2 Å². The second-order valence-corrected chi connectivity index (χ2v) is 5.72. The average molecular weight is 447 g/mol. The number of amides is 1. The van der Waals surface area contributed by atoms with Crippen LogP contribution in [0.2, 0.25) is 0 Å². The first-order valence-corrected chi connectivity index (χ1v) is 8.34. The zero-order valence-electron chi connectivity index (χ0n) is 14.8. The van der Waals surface area contributed by atoms with Crippen LogP contribution in [-0.4, -0.2) is 43.0 Å². The van der Waals surface area contributed by atoms with E-state index in [9.17, 15) is 4.79 Å². The molecule has 136 valence electrons. The summed E-state index contributed by atoms with van der Waals surface area (Å²) in [4.78, 5) is 20.3. The van der Waals surface area contributed by atoms with Gasteiger partial charge < -0.3 is 16.0 Å². The summed E-state index contributed by atoms with van der Waals surface area (Å²) in [6.07, 6.45) is 5.48. The van der Waals surface area contributed by atoms with Gasteiger partial charge in [0.05, 0.1) is 5.56 Å². The van der Waals surface area contributed by atoms with Gasteiger partial charge in [0.2, 0.25) is 0 Å². The molecule has 3 N–H and O–H groups in total. The van der Waals surface area contributed by atoms with Crippen LogP contribution in [0.25, 0.3) is 0 Å². The van der Waals surface area contributed by atoms with Gasteiger partial charge in [-0.25, -0.2) is 0 Å². The number of nitrogens with one attached hydrogen (secondary N) is 3. The average Bonchev–Trinajstić information content (AvgIpc) is 2.55. The van der Waals surface area contributed by atoms with Crippen LogP contribution in [-0.2, 0) is 0 Å². The molecular weight excluding hydrogens is 417 g/mol. The Hall–Kier alpha value is -1.38. The highest BCUT2D eigenvalue weighted by Crippen LogP contribution is 2.02. The molecule has 7 heteroatoms. The maximum Gasteiger partial charge on any atom is 0.252 e. The van der Waals surface area contributed by atoms with Crippen molar-refractivity contribution >= 4 is 35.8 Å². The van der Waals surface area contributed by atoms with Crippen molar-refractivity contribution < 1.29 is 4.79 Å². The molecule has 0 aliphatic carbocycles. The van der Waals surface area contributed by atoms with Gasteiger partial charge in [-0.15, -0.1) is 24.0 Å². The molecule has 0 radical (unpaired) electrons. The number of nitrogens with zero attached hydrogens (tertiary/aromatic N) is 2. The molecule has 1 amide bonds. The Morgan fingerprint density at radius 1 is 1.25 bits per heavy atom. The van der Waals surface area contributed by atoms with Gasteiger partial charge in [-0.1, -0.05) is 13.8 Å². The highest BCUT2D eigenvalue weighted by molar-refractivity contribution is 14.0. The number of rotatable bonds is 9. The maximum absolute atomic E-state index is 11.9. The molecule has 1 heterocycles. The summed E-state index contributed by atoms with van der Waals surface area (Å²) in [7, 11) is 0. The molecule has 6 nitrogen and oxygen atoms in total. The number of carbonyl (C=O) groups excluding carboxylic acids is 1. The molecule has 1 aromatic rings. The molecule has 1 aromatic heterocycles. The predicted octanol–water partition coefficient (Wildman–Crippen LogP) is 2.42. The molecule has 0 saturated heterocycles. The van der Waals surface area contributed by atoms with Crippen molar-refractivity contribution in [3.05, 3.63) is 30.1 Å². The largest absolute Gasteiger partial charge is 0.357 e. The molecule has 0 bridgehead atoms. The van der Waals surface area contributed by atoms with E-state index < -0.39 is 0 Å². The van der Waals surface area contributed by atoms with E-state index in [-0.39, 0.29) is 29.9 Å². The van der Waals surface area contributed by atoms with Gasteiger partial charge >= 0.3 is 0 Å². The second-order valence-electron chi connectivity index (χ2n) is 5.72. The van der Waals surface area contributed by atoms with Crippen LogP contribution in [0, 0.1) is 5.92 Å². The number of halogens is 1. The normalized spacial score (nSPS) is 10.9. The van der Waals surface area contributed by atoms with Crippen LogP contribution >= 0.6 is 24.0 Å². The summed E-state index contributed by atoms with van der Waals surface area (Å²) >= 11 is 0. The molecule has 0 fully saturated rings. The first-order chi connectivity index (χ1) is 11.1. The molecule has 24 heavy (non-hydrogen) atoms. The highest BCUT2D eigenvalue weighted by Gasteiger charge is 2.04. The van der Waals surface area contributed by atoms with E-state index in [2.05, 4.69) is 39.8 Å². The van der Waals surface area contributed by atoms with Crippen LogP contribution in [0.5, 0.6) is 0 Å². The van der Waals surface area contributed by atoms with E-state index in [1.165, 1.54) is 6.42 Å². The Morgan fingerprint density at radius 3 is 2.62 bits per heavy atom. The van der Waals surface area contributed by atoms with Crippen molar-refractivity contribution in [2.24, 2.45) is 10.9 Å². The van der Waals surface area contributed by atoms with E-state index >= 15 is 0 Å². The van der Waals surface area contributed by atoms with Crippen LogP contribution in [0.4, 0.5) is 0 Å². The van der Waals surface area contributed by atoms with Gasteiger partial charge in [-0.2, -0.15) is 0 Å². The van der Waals surface area contributed by atoms with Gasteiger partial charge in [0.15, 0.2) is 5.96 Å². The van der Waals surface area contributed by atoms with Crippen molar-refractivity contribution in [1.29, 1.82) is 0 Å². The molecule has 0 aliphatic heterocycles. The standard InChI is InChI=1S/C17H29N5O.HI/c1-4-19-17(21-10-5-7-14(2)3)22-12-11-20-16(23)15-8-6-9-18-13-15;/h6,8-9,13-14H,4-5,7,10-12H2,1-3H3,(H,20,23)(H2,19,21,22);1H. The van der Waals surface area contributed by atoms with Gasteiger partial charge in [0.25, 0.3) is 5.91 Å². The fourth-order valence-electron chi connectivity index (χ4n) is 1.99. The third-order valence-corrected chi connectivity index (χ3v) is 3.18. The lowest BCUT2D eigenvalue weighted by molar-refractivity contribution is 0.0954. The Balaban J connectivity index is 0.00000529. The molecular formula is C17H30IN5O. The molecule has 0 spiro atoms. The lowest BCUT2D eigenvalue weighted by Crippen LogP contribution is -2.41. The molecule has 0 unspecified atom stereocenters. The lowest BCUT2D eigenvalue weighted by Gasteiger charge is -2.12. The molecule has 0 aliphatic rings. The SMILES string of the molecule is CCNC(=NCCCC(C)C)NCCNC(=O)c1cccnc1.I. The zero-order valence-corrected chi connectivity index (χ0v) is 17.2. The Kier molecular flexibility index (Phi) is 13.2. The van der Waals surface area contributed by atoms with E-state index in [0.717, 1.165) is 25.5 Å². The Bertz CT molecular complexity index is 479. The minimum atomic E-state index is -0.112. The minimum Gasteiger partial charge on any atom is -0.357 e. The summed E-state index contributed by atoms with van der Waals surface area (Å²) in [5.74, 6) is 1.40. The number of hydrogen-bond donors (Lipinski definition) is 3. The molecule has 0 saturated carbocycles. The number of aliphatic imine (C=N–C) groups is 1. The maximum atomic E-state index is 11.9. The quantitative estimate of drug-likeness (QED) is 0.235. The third kappa shape index (κ3) is 10.4. The van der Waals surface area contributed by atoms with Gasteiger partial charge in [0.1, 0.15) is 0 Å². The number of pyridine rings is 1. The van der Waals surface area contributed by atoms with Crippen molar-refractivity contribution in [2.45, 2.75) is 33.6 Å². The van der Waals surface area contributed by atoms with Gasteiger partial charge in [-0.3, -0.25) is 14.8 Å². The van der Waals surface area contributed by atoms with Crippen LogP contribution < -0.4 is 16.0 Å². The first-order valence-electron chi connectivity index (χ1n) is 8.34. The van der Waals surface area contributed by atoms with Gasteiger partial charge in [0, 0.05) is 38.6 Å². The monoisotopic (exact) mass is 447 g/mol. The first kappa shape index (κ1) is 22.6. The summed E-state index contributed by atoms with van der Waals surface area (Å²) in [6, 6.07) is 3.50. The van der Waals surface area contributed by atoms with E-state index in [0.29, 0.717) is 24.6 Å². The fraction of sp³-hybridized carbons (Fsp3) is 0.588. The third-order valence-electron chi connectivity index (χ3n) is 3.18. The molecule has 1 rings (SSSR count). The van der Waals surface area contributed by atoms with Crippen molar-refractivity contribution in [1.82, 2.24) is 20.9 Å². The summed E-state index contributed by atoms with van der Waals surface area (Å²) in [6.45, 7) is 9.27. The van der Waals surface area contributed by atoms with E-state index in [4.69, 9.17) is 0 Å². The second kappa shape index (κ2) is 14.0. The van der Waals surface area contributed by atoms with Crippen molar-refractivity contribution in [3.8, 4) is 0 Å². The van der Waals surface area contributed by atoms with Crippen molar-refractivity contribution in [3.63, 3.8) is 0 Å². The summed E-state index contributed by atoms with van der Waals surface area (Å²) in [5.41, 5.74) is 0.571. The fourth-order valence-corrected chi connectivity index (χ4v) is 1.99.